The Labute approximate surface area is 178 Å². The molecule has 1 saturated carbocycles. The van der Waals surface area contributed by atoms with Gasteiger partial charge in [0.15, 0.2) is 5.65 Å². The second kappa shape index (κ2) is 8.32. The minimum Gasteiger partial charge on any atom is -0.353 e. The van der Waals surface area contributed by atoms with Crippen LogP contribution in [-0.2, 0) is 11.2 Å². The fourth-order valence-corrected chi connectivity index (χ4v) is 4.44. The van der Waals surface area contributed by atoms with Crippen LogP contribution in [0.5, 0.6) is 0 Å². The molecule has 1 aliphatic rings. The van der Waals surface area contributed by atoms with E-state index in [2.05, 4.69) is 5.32 Å². The normalized spacial score (nSPS) is 15.1. The van der Waals surface area contributed by atoms with E-state index in [1.807, 2.05) is 16.5 Å². The van der Waals surface area contributed by atoms with Gasteiger partial charge in [0, 0.05) is 22.8 Å². The van der Waals surface area contributed by atoms with Crippen LogP contribution in [0.15, 0.2) is 36.5 Å². The standard InChI is InChI=1S/C21H20Cl3N3O/c22-14-8-6-13(7-9-14)20-18(11-19(28)25-16-4-2-1-3-5-16)27-12-15(23)10-17(24)21(27)26-20/h6-10,12,16H,1-5,11H2,(H,25,28). The summed E-state index contributed by atoms with van der Waals surface area (Å²) in [6.07, 6.45) is 7.62. The molecule has 0 saturated heterocycles. The number of nitrogens with zero attached hydrogens (tertiary/aromatic N) is 2. The van der Waals surface area contributed by atoms with E-state index >= 15 is 0 Å². The predicted octanol–water partition coefficient (Wildman–Crippen LogP) is 5.95. The molecule has 0 radical (unpaired) electrons. The van der Waals surface area contributed by atoms with Crippen LogP contribution >= 0.6 is 34.8 Å². The van der Waals surface area contributed by atoms with Crippen molar-refractivity contribution in [3.8, 4) is 11.3 Å². The second-order valence-corrected chi connectivity index (χ2v) is 8.47. The van der Waals surface area contributed by atoms with E-state index in [4.69, 9.17) is 39.8 Å². The van der Waals surface area contributed by atoms with Gasteiger partial charge in [-0.25, -0.2) is 4.98 Å². The lowest BCUT2D eigenvalue weighted by Gasteiger charge is -2.22. The van der Waals surface area contributed by atoms with Gasteiger partial charge in [0.1, 0.15) is 0 Å². The Bertz CT molecular complexity index is 1010. The first-order valence-electron chi connectivity index (χ1n) is 9.42. The fourth-order valence-electron chi connectivity index (χ4n) is 3.81. The summed E-state index contributed by atoms with van der Waals surface area (Å²) in [5, 5.41) is 4.75. The highest BCUT2D eigenvalue weighted by Gasteiger charge is 2.21. The molecule has 1 fully saturated rings. The molecule has 7 heteroatoms. The number of aromatic nitrogens is 2. The molecule has 1 aromatic carbocycles. The van der Waals surface area contributed by atoms with Crippen molar-refractivity contribution in [2.45, 2.75) is 44.6 Å². The Morgan fingerprint density at radius 1 is 1.07 bits per heavy atom. The van der Waals surface area contributed by atoms with Crippen LogP contribution in [0.25, 0.3) is 16.9 Å². The first kappa shape index (κ1) is 19.6. The van der Waals surface area contributed by atoms with Gasteiger partial charge in [-0.3, -0.25) is 4.79 Å². The molecule has 146 valence electrons. The molecule has 1 N–H and O–H groups in total. The Kier molecular flexibility index (Phi) is 5.81. The Morgan fingerprint density at radius 2 is 1.79 bits per heavy atom. The van der Waals surface area contributed by atoms with Crippen LogP contribution in [-0.4, -0.2) is 21.3 Å². The van der Waals surface area contributed by atoms with Gasteiger partial charge in [-0.05, 0) is 31.0 Å². The largest absolute Gasteiger partial charge is 0.353 e. The monoisotopic (exact) mass is 435 g/mol. The number of rotatable bonds is 4. The molecule has 2 heterocycles. The maximum Gasteiger partial charge on any atom is 0.226 e. The average molecular weight is 437 g/mol. The summed E-state index contributed by atoms with van der Waals surface area (Å²) in [4.78, 5) is 17.5. The number of fused-ring (bicyclic) bond motifs is 1. The van der Waals surface area contributed by atoms with Crippen LogP contribution in [0.2, 0.25) is 15.1 Å². The van der Waals surface area contributed by atoms with E-state index in [0.29, 0.717) is 26.4 Å². The first-order valence-corrected chi connectivity index (χ1v) is 10.6. The van der Waals surface area contributed by atoms with Crippen LogP contribution in [0.4, 0.5) is 0 Å². The molecule has 4 rings (SSSR count). The van der Waals surface area contributed by atoms with Gasteiger partial charge in [-0.15, -0.1) is 0 Å². The zero-order valence-electron chi connectivity index (χ0n) is 15.2. The maximum absolute atomic E-state index is 12.8. The minimum absolute atomic E-state index is 0.0139. The van der Waals surface area contributed by atoms with E-state index in [1.54, 1.807) is 24.4 Å². The van der Waals surface area contributed by atoms with Gasteiger partial charge in [0.05, 0.1) is 27.9 Å². The number of carbonyl (C=O) groups excluding carboxylic acids is 1. The number of pyridine rings is 1. The highest BCUT2D eigenvalue weighted by atomic mass is 35.5. The number of hydrogen-bond donors (Lipinski definition) is 1. The summed E-state index contributed by atoms with van der Waals surface area (Å²) in [5.74, 6) is -0.0139. The minimum atomic E-state index is -0.0139. The third-order valence-electron chi connectivity index (χ3n) is 5.16. The quantitative estimate of drug-likeness (QED) is 0.549. The van der Waals surface area contributed by atoms with Crippen LogP contribution in [0.3, 0.4) is 0 Å². The van der Waals surface area contributed by atoms with Crippen molar-refractivity contribution >= 4 is 46.4 Å². The molecule has 3 aromatic rings. The maximum atomic E-state index is 12.8. The number of benzene rings is 1. The summed E-state index contributed by atoms with van der Waals surface area (Å²) in [6.45, 7) is 0. The van der Waals surface area contributed by atoms with Gasteiger partial charge in [0.2, 0.25) is 5.91 Å². The van der Waals surface area contributed by atoms with Crippen molar-refractivity contribution in [2.24, 2.45) is 0 Å². The van der Waals surface area contributed by atoms with Crippen molar-refractivity contribution < 1.29 is 4.79 Å². The number of nitrogens with one attached hydrogen (secondary N) is 1. The van der Waals surface area contributed by atoms with E-state index in [-0.39, 0.29) is 18.4 Å². The van der Waals surface area contributed by atoms with Crippen LogP contribution in [0.1, 0.15) is 37.8 Å². The smallest absolute Gasteiger partial charge is 0.226 e. The topological polar surface area (TPSA) is 46.4 Å². The molecule has 1 amide bonds. The van der Waals surface area contributed by atoms with Crippen LogP contribution < -0.4 is 5.32 Å². The van der Waals surface area contributed by atoms with Gasteiger partial charge in [-0.1, -0.05) is 66.2 Å². The fraction of sp³-hybridized carbons (Fsp3) is 0.333. The zero-order chi connectivity index (χ0) is 19.7. The molecular formula is C21H20Cl3N3O. The summed E-state index contributed by atoms with van der Waals surface area (Å²) in [5.41, 5.74) is 2.92. The summed E-state index contributed by atoms with van der Waals surface area (Å²) in [7, 11) is 0. The highest BCUT2D eigenvalue weighted by Crippen LogP contribution is 2.31. The van der Waals surface area contributed by atoms with E-state index in [9.17, 15) is 4.79 Å². The zero-order valence-corrected chi connectivity index (χ0v) is 17.5. The van der Waals surface area contributed by atoms with Gasteiger partial charge in [-0.2, -0.15) is 0 Å². The molecular weight excluding hydrogens is 417 g/mol. The van der Waals surface area contributed by atoms with Gasteiger partial charge < -0.3 is 9.72 Å². The summed E-state index contributed by atoms with van der Waals surface area (Å²) >= 11 is 18.6. The van der Waals surface area contributed by atoms with Crippen molar-refractivity contribution in [1.82, 2.24) is 14.7 Å². The number of carbonyl (C=O) groups is 1. The van der Waals surface area contributed by atoms with E-state index in [1.165, 1.54) is 19.3 Å². The third-order valence-corrected chi connectivity index (χ3v) is 5.89. The Hall–Kier alpha value is -1.75. The summed E-state index contributed by atoms with van der Waals surface area (Å²) in [6, 6.07) is 9.31. The number of amides is 1. The third kappa shape index (κ3) is 4.14. The lowest BCUT2D eigenvalue weighted by molar-refractivity contribution is -0.121. The van der Waals surface area contributed by atoms with Gasteiger partial charge >= 0.3 is 0 Å². The van der Waals surface area contributed by atoms with E-state index in [0.717, 1.165) is 24.1 Å². The number of hydrogen-bond acceptors (Lipinski definition) is 2. The number of halogens is 3. The molecule has 0 spiro atoms. The molecule has 0 atom stereocenters. The van der Waals surface area contributed by atoms with E-state index < -0.39 is 0 Å². The average Bonchev–Trinajstić information content (AvgIpc) is 3.02. The Morgan fingerprint density at radius 3 is 2.50 bits per heavy atom. The Balaban J connectivity index is 1.72. The molecule has 0 aliphatic heterocycles. The molecule has 4 nitrogen and oxygen atoms in total. The second-order valence-electron chi connectivity index (χ2n) is 7.19. The van der Waals surface area contributed by atoms with Crippen molar-refractivity contribution in [1.29, 1.82) is 0 Å². The van der Waals surface area contributed by atoms with Crippen LogP contribution in [0, 0.1) is 0 Å². The number of imidazole rings is 1. The van der Waals surface area contributed by atoms with Gasteiger partial charge in [0.25, 0.3) is 0 Å². The summed E-state index contributed by atoms with van der Waals surface area (Å²) < 4.78 is 1.81. The predicted molar refractivity (Wildman–Crippen MR) is 114 cm³/mol. The SMILES string of the molecule is O=C(Cc1c(-c2ccc(Cl)cc2)nc2c(Cl)cc(Cl)cn12)NC1CCCCC1. The molecule has 0 unspecified atom stereocenters. The molecule has 2 aromatic heterocycles. The van der Waals surface area contributed by atoms with Crippen molar-refractivity contribution in [3.05, 3.63) is 57.3 Å². The van der Waals surface area contributed by atoms with Crippen molar-refractivity contribution in [3.63, 3.8) is 0 Å². The first-order chi connectivity index (χ1) is 13.5. The molecule has 28 heavy (non-hydrogen) atoms. The molecule has 0 bridgehead atoms. The molecule has 1 aliphatic carbocycles. The lowest BCUT2D eigenvalue weighted by Crippen LogP contribution is -2.37. The highest BCUT2D eigenvalue weighted by molar-refractivity contribution is 6.36. The lowest BCUT2D eigenvalue weighted by atomic mass is 9.95. The van der Waals surface area contributed by atoms with Crippen molar-refractivity contribution in [2.75, 3.05) is 0 Å².